The molecule has 16 heavy (non-hydrogen) atoms. The maximum absolute atomic E-state index is 6.02. The van der Waals surface area contributed by atoms with Crippen LogP contribution in [-0.2, 0) is 6.42 Å². The predicted octanol–water partition coefficient (Wildman–Crippen LogP) is 2.68. The second-order valence-corrected chi connectivity index (χ2v) is 7.08. The zero-order chi connectivity index (χ0) is 11.3. The van der Waals surface area contributed by atoms with Gasteiger partial charge in [0.2, 0.25) is 0 Å². The van der Waals surface area contributed by atoms with Crippen molar-refractivity contribution < 1.29 is 0 Å². The van der Waals surface area contributed by atoms with Crippen LogP contribution in [0.5, 0.6) is 0 Å². The highest BCUT2D eigenvalue weighted by atomic mass is 32.1. The fourth-order valence-electron chi connectivity index (χ4n) is 3.32. The number of nitrogens with zero attached hydrogens (tertiary/aromatic N) is 1. The highest BCUT2D eigenvalue weighted by molar-refractivity contribution is 7.11. The molecular weight excluding hydrogens is 216 g/mol. The Morgan fingerprint density at radius 2 is 2.06 bits per heavy atom. The molecule has 0 radical (unpaired) electrons. The van der Waals surface area contributed by atoms with Gasteiger partial charge in [0.25, 0.3) is 0 Å². The van der Waals surface area contributed by atoms with Gasteiger partial charge in [0.05, 0.1) is 10.7 Å². The summed E-state index contributed by atoms with van der Waals surface area (Å²) in [5, 5.41) is 1.31. The van der Waals surface area contributed by atoms with Crippen LogP contribution in [0.25, 0.3) is 0 Å². The van der Waals surface area contributed by atoms with E-state index in [1.54, 1.807) is 0 Å². The molecule has 1 heterocycles. The van der Waals surface area contributed by atoms with Crippen molar-refractivity contribution >= 4 is 11.3 Å². The number of hydrogen-bond acceptors (Lipinski definition) is 3. The number of thiazole rings is 1. The van der Waals surface area contributed by atoms with Crippen LogP contribution < -0.4 is 5.73 Å². The number of aromatic nitrogens is 1. The molecule has 88 valence electrons. The van der Waals surface area contributed by atoms with Crippen molar-refractivity contribution in [1.82, 2.24) is 4.98 Å². The molecule has 2 saturated carbocycles. The van der Waals surface area contributed by atoms with Crippen LogP contribution in [0.4, 0.5) is 0 Å². The molecule has 2 aliphatic rings. The van der Waals surface area contributed by atoms with Crippen molar-refractivity contribution in [1.29, 1.82) is 0 Å². The van der Waals surface area contributed by atoms with E-state index in [2.05, 4.69) is 18.8 Å². The van der Waals surface area contributed by atoms with Gasteiger partial charge in [-0.1, -0.05) is 0 Å². The summed E-state index contributed by atoms with van der Waals surface area (Å²) in [6.07, 6.45) is 5.30. The topological polar surface area (TPSA) is 38.9 Å². The van der Waals surface area contributed by atoms with Gasteiger partial charge in [-0.15, -0.1) is 11.3 Å². The van der Waals surface area contributed by atoms with Crippen LogP contribution in [0.1, 0.15) is 34.8 Å². The second kappa shape index (κ2) is 3.54. The summed E-state index contributed by atoms with van der Waals surface area (Å²) in [6, 6.07) is 0. The number of nitrogens with two attached hydrogens (primary N) is 1. The molecule has 0 aromatic carbocycles. The van der Waals surface area contributed by atoms with Crippen molar-refractivity contribution in [2.45, 2.75) is 39.5 Å². The van der Waals surface area contributed by atoms with Crippen LogP contribution >= 0.6 is 11.3 Å². The lowest BCUT2D eigenvalue weighted by molar-refractivity contribution is 0.272. The molecular formula is C13H20N2S. The Balaban J connectivity index is 1.77. The van der Waals surface area contributed by atoms with Gasteiger partial charge in [0.1, 0.15) is 0 Å². The minimum Gasteiger partial charge on any atom is -0.330 e. The van der Waals surface area contributed by atoms with Gasteiger partial charge in [-0.05, 0) is 56.9 Å². The first-order chi connectivity index (χ1) is 7.62. The number of rotatable bonds is 3. The minimum atomic E-state index is 0.393. The molecule has 1 aromatic rings. The van der Waals surface area contributed by atoms with Crippen molar-refractivity contribution in [3.63, 3.8) is 0 Å². The Morgan fingerprint density at radius 3 is 2.56 bits per heavy atom. The van der Waals surface area contributed by atoms with Gasteiger partial charge >= 0.3 is 0 Å². The van der Waals surface area contributed by atoms with E-state index in [1.807, 2.05) is 11.3 Å². The molecule has 2 nitrogen and oxygen atoms in total. The van der Waals surface area contributed by atoms with E-state index in [-0.39, 0.29) is 0 Å². The lowest BCUT2D eigenvalue weighted by atomic mass is 9.80. The summed E-state index contributed by atoms with van der Waals surface area (Å²) in [7, 11) is 0. The Labute approximate surface area is 101 Å². The fourth-order valence-corrected chi connectivity index (χ4v) is 4.43. The maximum Gasteiger partial charge on any atom is 0.0936 e. The third-order valence-corrected chi connectivity index (χ3v) is 5.56. The normalized spacial score (nSPS) is 36.4. The first-order valence-corrected chi connectivity index (χ1v) is 7.06. The molecule has 2 aliphatic carbocycles. The Morgan fingerprint density at radius 1 is 1.38 bits per heavy atom. The fraction of sp³-hybridized carbons (Fsp3) is 0.769. The van der Waals surface area contributed by atoms with Gasteiger partial charge in [-0.3, -0.25) is 0 Å². The van der Waals surface area contributed by atoms with Gasteiger partial charge < -0.3 is 5.73 Å². The lowest BCUT2D eigenvalue weighted by Gasteiger charge is -2.28. The zero-order valence-corrected chi connectivity index (χ0v) is 10.9. The smallest absolute Gasteiger partial charge is 0.0936 e. The molecule has 3 rings (SSSR count). The van der Waals surface area contributed by atoms with Crippen molar-refractivity contribution in [3.8, 4) is 0 Å². The van der Waals surface area contributed by atoms with Crippen LogP contribution in [-0.4, -0.2) is 11.5 Å². The van der Waals surface area contributed by atoms with Crippen molar-refractivity contribution in [2.24, 2.45) is 23.0 Å². The summed E-state index contributed by atoms with van der Waals surface area (Å²) in [5.74, 6) is 2.01. The molecule has 2 fully saturated rings. The summed E-state index contributed by atoms with van der Waals surface area (Å²) in [5.41, 5.74) is 7.62. The molecule has 0 amide bonds. The average Bonchev–Trinajstić information content (AvgIpc) is 2.73. The number of fused-ring (bicyclic) bond motifs is 1. The van der Waals surface area contributed by atoms with E-state index in [4.69, 9.17) is 5.73 Å². The summed E-state index contributed by atoms with van der Waals surface area (Å²) in [6.45, 7) is 5.12. The van der Waals surface area contributed by atoms with E-state index >= 15 is 0 Å². The molecule has 2 atom stereocenters. The SMILES string of the molecule is Cc1nc(CC2(CN)CC3CC3C2)sc1C. The molecule has 2 unspecified atom stereocenters. The Kier molecular flexibility index (Phi) is 2.37. The van der Waals surface area contributed by atoms with E-state index in [0.717, 1.165) is 24.8 Å². The third kappa shape index (κ3) is 1.70. The second-order valence-electron chi connectivity index (χ2n) is 5.79. The Bertz CT molecular complexity index is 381. The average molecular weight is 236 g/mol. The van der Waals surface area contributed by atoms with Crippen LogP contribution in [0, 0.1) is 31.1 Å². The number of aryl methyl sites for hydroxylation is 2. The highest BCUT2D eigenvalue weighted by Crippen LogP contribution is 2.60. The molecule has 3 heteroatoms. The third-order valence-electron chi connectivity index (χ3n) is 4.49. The van der Waals surface area contributed by atoms with Crippen LogP contribution in [0.2, 0.25) is 0 Å². The molecule has 1 aromatic heterocycles. The van der Waals surface area contributed by atoms with E-state index in [1.165, 1.54) is 34.8 Å². The van der Waals surface area contributed by atoms with Crippen LogP contribution in [0.15, 0.2) is 0 Å². The van der Waals surface area contributed by atoms with E-state index in [9.17, 15) is 0 Å². The van der Waals surface area contributed by atoms with Gasteiger partial charge in [-0.2, -0.15) is 0 Å². The lowest BCUT2D eigenvalue weighted by Crippen LogP contribution is -2.31. The highest BCUT2D eigenvalue weighted by Gasteiger charge is 2.53. The minimum absolute atomic E-state index is 0.393. The Hall–Kier alpha value is -0.410. The quantitative estimate of drug-likeness (QED) is 0.876. The molecule has 0 spiro atoms. The van der Waals surface area contributed by atoms with Gasteiger partial charge in [0.15, 0.2) is 0 Å². The molecule has 2 N–H and O–H groups in total. The predicted molar refractivity (Wildman–Crippen MR) is 67.6 cm³/mol. The molecule has 0 aliphatic heterocycles. The van der Waals surface area contributed by atoms with Gasteiger partial charge in [-0.25, -0.2) is 4.98 Å². The van der Waals surface area contributed by atoms with Crippen LogP contribution in [0.3, 0.4) is 0 Å². The maximum atomic E-state index is 6.02. The zero-order valence-electron chi connectivity index (χ0n) is 10.1. The molecule has 0 saturated heterocycles. The first-order valence-electron chi connectivity index (χ1n) is 6.25. The van der Waals surface area contributed by atoms with E-state index in [0.29, 0.717) is 5.41 Å². The molecule has 0 bridgehead atoms. The number of hydrogen-bond donors (Lipinski definition) is 1. The van der Waals surface area contributed by atoms with Gasteiger partial charge in [0, 0.05) is 11.3 Å². The first kappa shape index (κ1) is 10.7. The van der Waals surface area contributed by atoms with Crippen molar-refractivity contribution in [3.05, 3.63) is 15.6 Å². The van der Waals surface area contributed by atoms with Crippen molar-refractivity contribution in [2.75, 3.05) is 6.54 Å². The monoisotopic (exact) mass is 236 g/mol. The standard InChI is InChI=1S/C13H20N2S/c1-8-9(2)16-12(15-8)6-13(7-14)4-10-3-11(10)5-13/h10-11H,3-7,14H2,1-2H3. The largest absolute Gasteiger partial charge is 0.330 e. The summed E-state index contributed by atoms with van der Waals surface area (Å²) in [4.78, 5) is 6.04. The van der Waals surface area contributed by atoms with E-state index < -0.39 is 0 Å². The summed E-state index contributed by atoms with van der Waals surface area (Å²) < 4.78 is 0. The summed E-state index contributed by atoms with van der Waals surface area (Å²) >= 11 is 1.86.